The van der Waals surface area contributed by atoms with Crippen molar-refractivity contribution in [1.82, 2.24) is 0 Å². The Labute approximate surface area is 101 Å². The standard InChI is InChI=1S/C12H11F3O3/c1-2-18-10-7-9(12(13,14)15)5-3-8(10)4-6-11(16)17/h3-7H,2H2,1H3,(H,16,17). The lowest BCUT2D eigenvalue weighted by atomic mass is 10.1. The Morgan fingerprint density at radius 2 is 2.11 bits per heavy atom. The number of carboxylic acid groups (broad SMARTS) is 1. The zero-order chi connectivity index (χ0) is 13.8. The van der Waals surface area contributed by atoms with E-state index in [2.05, 4.69) is 0 Å². The summed E-state index contributed by atoms with van der Waals surface area (Å²) in [6.07, 6.45) is -2.43. The fourth-order valence-electron chi connectivity index (χ4n) is 1.29. The molecule has 0 aliphatic heterocycles. The number of ether oxygens (including phenoxy) is 1. The summed E-state index contributed by atoms with van der Waals surface area (Å²) in [7, 11) is 0. The van der Waals surface area contributed by atoms with Gasteiger partial charge in [-0.1, -0.05) is 6.07 Å². The predicted molar refractivity (Wildman–Crippen MR) is 59.3 cm³/mol. The van der Waals surface area contributed by atoms with Crippen LogP contribution in [0.3, 0.4) is 0 Å². The highest BCUT2D eigenvalue weighted by Crippen LogP contribution is 2.33. The number of alkyl halides is 3. The molecule has 0 radical (unpaired) electrons. The number of benzene rings is 1. The zero-order valence-electron chi connectivity index (χ0n) is 9.49. The van der Waals surface area contributed by atoms with Gasteiger partial charge in [-0.2, -0.15) is 13.2 Å². The third-order valence-electron chi connectivity index (χ3n) is 2.05. The minimum Gasteiger partial charge on any atom is -0.493 e. The molecular weight excluding hydrogens is 249 g/mol. The summed E-state index contributed by atoms with van der Waals surface area (Å²) in [5.74, 6) is -1.18. The number of hydrogen-bond donors (Lipinski definition) is 1. The molecule has 98 valence electrons. The summed E-state index contributed by atoms with van der Waals surface area (Å²) in [6.45, 7) is 1.82. The maximum Gasteiger partial charge on any atom is 0.416 e. The van der Waals surface area contributed by atoms with Gasteiger partial charge in [-0.25, -0.2) is 4.79 Å². The van der Waals surface area contributed by atoms with Crippen LogP contribution in [0.5, 0.6) is 5.75 Å². The minimum absolute atomic E-state index is 0.00447. The van der Waals surface area contributed by atoms with E-state index in [1.807, 2.05) is 0 Å². The first-order valence-electron chi connectivity index (χ1n) is 5.09. The van der Waals surface area contributed by atoms with Crippen LogP contribution in [-0.2, 0) is 11.0 Å². The zero-order valence-corrected chi connectivity index (χ0v) is 9.49. The van der Waals surface area contributed by atoms with Crippen LogP contribution >= 0.6 is 0 Å². The maximum absolute atomic E-state index is 12.5. The number of rotatable bonds is 4. The van der Waals surface area contributed by atoms with E-state index in [1.165, 1.54) is 12.1 Å². The average Bonchev–Trinajstić information content (AvgIpc) is 2.26. The van der Waals surface area contributed by atoms with Gasteiger partial charge in [0.25, 0.3) is 0 Å². The van der Waals surface area contributed by atoms with Crippen LogP contribution in [0.2, 0.25) is 0 Å². The molecule has 0 aliphatic rings. The Balaban J connectivity index is 3.16. The SMILES string of the molecule is CCOc1cc(C(F)(F)F)ccc1C=CC(=O)O. The first kappa shape index (κ1) is 14.1. The van der Waals surface area contributed by atoms with Crippen LogP contribution in [0.25, 0.3) is 6.08 Å². The van der Waals surface area contributed by atoms with E-state index >= 15 is 0 Å². The molecule has 0 aromatic heterocycles. The van der Waals surface area contributed by atoms with Crippen LogP contribution in [0.1, 0.15) is 18.1 Å². The van der Waals surface area contributed by atoms with E-state index in [0.29, 0.717) is 0 Å². The summed E-state index contributed by atoms with van der Waals surface area (Å²) < 4.78 is 42.5. The van der Waals surface area contributed by atoms with Crippen molar-refractivity contribution in [3.8, 4) is 5.75 Å². The van der Waals surface area contributed by atoms with Gasteiger partial charge in [-0.3, -0.25) is 0 Å². The first-order chi connectivity index (χ1) is 8.34. The van der Waals surface area contributed by atoms with Gasteiger partial charge < -0.3 is 9.84 Å². The summed E-state index contributed by atoms with van der Waals surface area (Å²) in [5.41, 5.74) is -0.550. The molecule has 1 rings (SSSR count). The molecule has 1 aromatic rings. The number of carbonyl (C=O) groups is 1. The van der Waals surface area contributed by atoms with E-state index < -0.39 is 17.7 Å². The van der Waals surface area contributed by atoms with E-state index in [0.717, 1.165) is 18.2 Å². The van der Waals surface area contributed by atoms with Gasteiger partial charge in [0.05, 0.1) is 12.2 Å². The third-order valence-corrected chi connectivity index (χ3v) is 2.05. The van der Waals surface area contributed by atoms with Gasteiger partial charge in [0.1, 0.15) is 5.75 Å². The summed E-state index contributed by atoms with van der Waals surface area (Å²) in [6, 6.07) is 2.91. The Morgan fingerprint density at radius 3 is 2.61 bits per heavy atom. The lowest BCUT2D eigenvalue weighted by Crippen LogP contribution is -2.06. The Hall–Kier alpha value is -1.98. The van der Waals surface area contributed by atoms with Gasteiger partial charge in [0, 0.05) is 11.6 Å². The lowest BCUT2D eigenvalue weighted by molar-refractivity contribution is -0.137. The normalized spacial score (nSPS) is 11.8. The molecular formula is C12H11F3O3. The molecule has 0 saturated carbocycles. The molecule has 0 amide bonds. The molecule has 3 nitrogen and oxygen atoms in total. The highest BCUT2D eigenvalue weighted by molar-refractivity contribution is 5.85. The monoisotopic (exact) mass is 260 g/mol. The fourth-order valence-corrected chi connectivity index (χ4v) is 1.29. The quantitative estimate of drug-likeness (QED) is 0.845. The topological polar surface area (TPSA) is 46.5 Å². The number of halogens is 3. The van der Waals surface area contributed by atoms with Gasteiger partial charge in [0.2, 0.25) is 0 Å². The molecule has 0 spiro atoms. The van der Waals surface area contributed by atoms with E-state index in [9.17, 15) is 18.0 Å². The maximum atomic E-state index is 12.5. The van der Waals surface area contributed by atoms with E-state index in [1.54, 1.807) is 6.92 Å². The van der Waals surface area contributed by atoms with Crippen molar-refractivity contribution in [2.45, 2.75) is 13.1 Å². The molecule has 1 aromatic carbocycles. The van der Waals surface area contributed by atoms with Crippen molar-refractivity contribution in [2.24, 2.45) is 0 Å². The Bertz CT molecular complexity index is 464. The van der Waals surface area contributed by atoms with Crippen LogP contribution < -0.4 is 4.74 Å². The highest BCUT2D eigenvalue weighted by atomic mass is 19.4. The lowest BCUT2D eigenvalue weighted by Gasteiger charge is -2.11. The Morgan fingerprint density at radius 1 is 1.44 bits per heavy atom. The summed E-state index contributed by atoms with van der Waals surface area (Å²) in [4.78, 5) is 10.4. The molecule has 0 aliphatic carbocycles. The molecule has 1 N–H and O–H groups in total. The van der Waals surface area contributed by atoms with Crippen LogP contribution in [0.15, 0.2) is 24.3 Å². The molecule has 6 heteroatoms. The second-order valence-corrected chi connectivity index (χ2v) is 3.35. The molecule has 0 bridgehead atoms. The number of hydrogen-bond acceptors (Lipinski definition) is 2. The van der Waals surface area contributed by atoms with Crippen molar-refractivity contribution in [3.05, 3.63) is 35.4 Å². The number of aliphatic carboxylic acids is 1. The van der Waals surface area contributed by atoms with Crippen molar-refractivity contribution in [3.63, 3.8) is 0 Å². The molecule has 0 unspecified atom stereocenters. The van der Waals surface area contributed by atoms with Crippen molar-refractivity contribution < 1.29 is 27.8 Å². The second-order valence-electron chi connectivity index (χ2n) is 3.35. The van der Waals surface area contributed by atoms with Crippen LogP contribution in [0, 0.1) is 0 Å². The minimum atomic E-state index is -4.46. The summed E-state index contributed by atoms with van der Waals surface area (Å²) in [5, 5.41) is 8.47. The molecule has 0 saturated heterocycles. The van der Waals surface area contributed by atoms with E-state index in [4.69, 9.17) is 9.84 Å². The van der Waals surface area contributed by atoms with Crippen molar-refractivity contribution in [1.29, 1.82) is 0 Å². The van der Waals surface area contributed by atoms with Gasteiger partial charge in [-0.15, -0.1) is 0 Å². The molecule has 0 heterocycles. The third kappa shape index (κ3) is 3.80. The van der Waals surface area contributed by atoms with Gasteiger partial charge in [0.15, 0.2) is 0 Å². The predicted octanol–water partition coefficient (Wildman–Crippen LogP) is 3.20. The molecule has 18 heavy (non-hydrogen) atoms. The van der Waals surface area contributed by atoms with Crippen molar-refractivity contribution in [2.75, 3.05) is 6.61 Å². The molecule has 0 atom stereocenters. The fraction of sp³-hybridized carbons (Fsp3) is 0.250. The van der Waals surface area contributed by atoms with Crippen LogP contribution in [-0.4, -0.2) is 17.7 Å². The average molecular weight is 260 g/mol. The first-order valence-corrected chi connectivity index (χ1v) is 5.09. The largest absolute Gasteiger partial charge is 0.493 e. The van der Waals surface area contributed by atoms with Gasteiger partial charge in [-0.05, 0) is 25.1 Å². The Kier molecular flexibility index (Phi) is 4.36. The highest BCUT2D eigenvalue weighted by Gasteiger charge is 2.31. The smallest absolute Gasteiger partial charge is 0.416 e. The summed E-state index contributed by atoms with van der Waals surface area (Å²) >= 11 is 0. The van der Waals surface area contributed by atoms with Crippen LogP contribution in [0.4, 0.5) is 13.2 Å². The van der Waals surface area contributed by atoms with E-state index in [-0.39, 0.29) is 17.9 Å². The number of carboxylic acids is 1. The second kappa shape index (κ2) is 5.57. The molecule has 0 fully saturated rings. The van der Waals surface area contributed by atoms with Gasteiger partial charge >= 0.3 is 12.1 Å². The van der Waals surface area contributed by atoms with Crippen molar-refractivity contribution >= 4 is 12.0 Å².